The molecule has 194 valence electrons. The first-order chi connectivity index (χ1) is 15.3. The lowest BCUT2D eigenvalue weighted by Gasteiger charge is -2.57. The van der Waals surface area contributed by atoms with Gasteiger partial charge in [-0.25, -0.2) is 0 Å². The lowest BCUT2D eigenvalue weighted by Crippen LogP contribution is -2.50. The molecule has 2 nitrogen and oxygen atoms in total. The number of rotatable bonds is 8. The summed E-state index contributed by atoms with van der Waals surface area (Å²) in [5.41, 5.74) is 0.693. The van der Waals surface area contributed by atoms with Crippen LogP contribution in [0.4, 0.5) is 0 Å². The zero-order valence-electron chi connectivity index (χ0n) is 23.6. The second-order valence-electron chi connectivity index (χ2n) is 14.7. The predicted octanol–water partition coefficient (Wildman–Crippen LogP) is 8.39. The van der Waals surface area contributed by atoms with Gasteiger partial charge in [0.2, 0.25) is 0 Å². The third kappa shape index (κ3) is 5.68. The molecular weight excluding hydrogens is 404 g/mol. The van der Waals surface area contributed by atoms with E-state index in [4.69, 9.17) is 0 Å². The Morgan fingerprint density at radius 3 is 2.09 bits per heavy atom. The van der Waals surface area contributed by atoms with Gasteiger partial charge < -0.3 is 10.2 Å². The lowest BCUT2D eigenvalue weighted by atomic mass is 9.49. The van der Waals surface area contributed by atoms with Crippen molar-refractivity contribution in [2.75, 3.05) is 0 Å². The summed E-state index contributed by atoms with van der Waals surface area (Å²) < 4.78 is 0. The van der Waals surface area contributed by atoms with Gasteiger partial charge in [-0.15, -0.1) is 0 Å². The fraction of sp³-hybridized carbons (Fsp3) is 1.00. The zero-order valence-corrected chi connectivity index (χ0v) is 23.6. The number of aliphatic hydroxyl groups excluding tert-OH is 1. The standard InChI is InChI=1S/C31H58O2/c1-9-11-23-25(29(7)18-20-31(33,10-2)21-19-29)14-17-30(8)24(12-13-26(23)30)22(3)27(32)15-16-28(4,5)6/h22-27,32-33H,9-21H2,1-8H3/t22-,23+,24+,25-,26-,27+,29?,30+,31?/m0/s1. The Morgan fingerprint density at radius 2 is 1.55 bits per heavy atom. The molecule has 2 heteroatoms. The highest BCUT2D eigenvalue weighted by Gasteiger charge is 2.58. The first-order valence-electron chi connectivity index (χ1n) is 14.7. The minimum atomic E-state index is -0.403. The van der Waals surface area contributed by atoms with Crippen molar-refractivity contribution >= 4 is 0 Å². The van der Waals surface area contributed by atoms with Gasteiger partial charge in [-0.3, -0.25) is 0 Å². The van der Waals surface area contributed by atoms with Gasteiger partial charge in [0.05, 0.1) is 11.7 Å². The molecule has 0 unspecified atom stereocenters. The maximum Gasteiger partial charge on any atom is 0.0645 e. The molecule has 2 N–H and O–H groups in total. The van der Waals surface area contributed by atoms with Crippen molar-refractivity contribution in [3.63, 3.8) is 0 Å². The molecule has 3 aliphatic rings. The van der Waals surface area contributed by atoms with Crippen LogP contribution in [0.25, 0.3) is 0 Å². The van der Waals surface area contributed by atoms with Crippen molar-refractivity contribution in [2.45, 2.75) is 151 Å². The van der Waals surface area contributed by atoms with Gasteiger partial charge in [0.1, 0.15) is 0 Å². The van der Waals surface area contributed by atoms with E-state index < -0.39 is 5.60 Å². The summed E-state index contributed by atoms with van der Waals surface area (Å²) in [7, 11) is 0. The molecule has 0 aliphatic heterocycles. The van der Waals surface area contributed by atoms with Crippen LogP contribution in [0.2, 0.25) is 0 Å². The first kappa shape index (κ1) is 27.5. The summed E-state index contributed by atoms with van der Waals surface area (Å²) in [5.74, 6) is 3.54. The van der Waals surface area contributed by atoms with Gasteiger partial charge in [-0.1, -0.05) is 68.2 Å². The second kappa shape index (κ2) is 10.1. The highest BCUT2D eigenvalue weighted by molar-refractivity contribution is 5.07. The maximum atomic E-state index is 11.2. The molecule has 0 saturated heterocycles. The smallest absolute Gasteiger partial charge is 0.0645 e. The van der Waals surface area contributed by atoms with Crippen LogP contribution < -0.4 is 0 Å². The van der Waals surface area contributed by atoms with E-state index >= 15 is 0 Å². The molecule has 0 bridgehead atoms. The Morgan fingerprint density at radius 1 is 0.909 bits per heavy atom. The van der Waals surface area contributed by atoms with E-state index in [9.17, 15) is 10.2 Å². The minimum Gasteiger partial charge on any atom is -0.393 e. The summed E-state index contributed by atoms with van der Waals surface area (Å²) in [4.78, 5) is 0. The van der Waals surface area contributed by atoms with E-state index in [1.54, 1.807) is 0 Å². The molecule has 0 spiro atoms. The summed E-state index contributed by atoms with van der Waals surface area (Å²) >= 11 is 0. The zero-order chi connectivity index (χ0) is 24.7. The molecule has 0 amide bonds. The van der Waals surface area contributed by atoms with Crippen molar-refractivity contribution in [3.05, 3.63) is 0 Å². The molecule has 3 rings (SSSR count). The van der Waals surface area contributed by atoms with Crippen molar-refractivity contribution in [1.82, 2.24) is 0 Å². The third-order valence-corrected chi connectivity index (χ3v) is 11.4. The van der Waals surface area contributed by atoms with Crippen molar-refractivity contribution in [3.8, 4) is 0 Å². The monoisotopic (exact) mass is 462 g/mol. The van der Waals surface area contributed by atoms with Gasteiger partial charge in [-0.05, 0) is 116 Å². The van der Waals surface area contributed by atoms with Crippen LogP contribution in [-0.4, -0.2) is 21.9 Å². The van der Waals surface area contributed by atoms with Gasteiger partial charge >= 0.3 is 0 Å². The highest BCUT2D eigenvalue weighted by atomic mass is 16.3. The van der Waals surface area contributed by atoms with E-state index in [0.29, 0.717) is 28.1 Å². The van der Waals surface area contributed by atoms with Crippen LogP contribution in [-0.2, 0) is 0 Å². The Bertz CT molecular complexity index is 625. The average Bonchev–Trinajstić information content (AvgIpc) is 3.11. The number of hydrogen-bond acceptors (Lipinski definition) is 2. The molecule has 0 aromatic rings. The molecule has 0 heterocycles. The summed E-state index contributed by atoms with van der Waals surface area (Å²) in [5, 5.41) is 22.1. The first-order valence-corrected chi connectivity index (χ1v) is 14.7. The van der Waals surface area contributed by atoms with Crippen molar-refractivity contribution in [2.24, 2.45) is 45.8 Å². The molecular formula is C31H58O2. The van der Waals surface area contributed by atoms with Crippen LogP contribution in [0.1, 0.15) is 139 Å². The van der Waals surface area contributed by atoms with Crippen LogP contribution in [0, 0.1) is 45.8 Å². The van der Waals surface area contributed by atoms with Gasteiger partial charge in [0, 0.05) is 0 Å². The van der Waals surface area contributed by atoms with Crippen LogP contribution in [0.3, 0.4) is 0 Å². The fourth-order valence-electron chi connectivity index (χ4n) is 8.92. The Hall–Kier alpha value is -0.0800. The summed E-state index contributed by atoms with van der Waals surface area (Å²) in [6, 6.07) is 0. The summed E-state index contributed by atoms with van der Waals surface area (Å²) in [6.45, 7) is 19.0. The van der Waals surface area contributed by atoms with E-state index in [1.165, 1.54) is 51.4 Å². The predicted molar refractivity (Wildman–Crippen MR) is 141 cm³/mol. The molecule has 7 atom stereocenters. The molecule has 0 radical (unpaired) electrons. The molecule has 3 saturated carbocycles. The Balaban J connectivity index is 1.75. The Kier molecular flexibility index (Phi) is 8.43. The van der Waals surface area contributed by atoms with E-state index in [0.717, 1.165) is 49.9 Å². The minimum absolute atomic E-state index is 0.158. The molecule has 3 aliphatic carbocycles. The quantitative estimate of drug-likeness (QED) is 0.380. The molecule has 0 aromatic heterocycles. The summed E-state index contributed by atoms with van der Waals surface area (Å²) in [6.07, 6.45) is 15.2. The Labute approximate surface area is 206 Å². The molecule has 3 fully saturated rings. The number of fused-ring (bicyclic) bond motifs is 1. The van der Waals surface area contributed by atoms with Gasteiger partial charge in [-0.2, -0.15) is 0 Å². The largest absolute Gasteiger partial charge is 0.393 e. The normalized spacial score (nSPS) is 43.8. The van der Waals surface area contributed by atoms with Crippen LogP contribution in [0.15, 0.2) is 0 Å². The topological polar surface area (TPSA) is 40.5 Å². The molecule has 33 heavy (non-hydrogen) atoms. The van der Waals surface area contributed by atoms with Crippen molar-refractivity contribution < 1.29 is 10.2 Å². The van der Waals surface area contributed by atoms with E-state index in [-0.39, 0.29) is 6.10 Å². The van der Waals surface area contributed by atoms with Gasteiger partial charge in [0.25, 0.3) is 0 Å². The second-order valence-corrected chi connectivity index (χ2v) is 14.7. The lowest BCUT2D eigenvalue weighted by molar-refractivity contribution is -0.100. The average molecular weight is 463 g/mol. The van der Waals surface area contributed by atoms with Crippen molar-refractivity contribution in [1.29, 1.82) is 0 Å². The SMILES string of the molecule is CCC[C@@H]1[C@@H](C2(C)CCC(O)(CC)CC2)CC[C@]2(C)[C@@H]([C@H](C)[C@H](O)CCC(C)(C)C)CC[C@@H]12. The van der Waals surface area contributed by atoms with Crippen LogP contribution >= 0.6 is 0 Å². The maximum absolute atomic E-state index is 11.2. The number of hydrogen-bond donors (Lipinski definition) is 2. The fourth-order valence-corrected chi connectivity index (χ4v) is 8.92. The molecule has 0 aromatic carbocycles. The third-order valence-electron chi connectivity index (χ3n) is 11.4. The van der Waals surface area contributed by atoms with E-state index in [1.807, 2.05) is 0 Å². The number of aliphatic hydroxyl groups is 2. The van der Waals surface area contributed by atoms with Gasteiger partial charge in [0.15, 0.2) is 0 Å². The highest BCUT2D eigenvalue weighted by Crippen LogP contribution is 2.65. The van der Waals surface area contributed by atoms with Crippen LogP contribution in [0.5, 0.6) is 0 Å². The van der Waals surface area contributed by atoms with E-state index in [2.05, 4.69) is 55.4 Å².